The first-order chi connectivity index (χ1) is 18.1. The summed E-state index contributed by atoms with van der Waals surface area (Å²) in [4.78, 5) is 60.3. The lowest BCUT2D eigenvalue weighted by Gasteiger charge is -2.31. The van der Waals surface area contributed by atoms with Gasteiger partial charge in [-0.15, -0.1) is 0 Å². The molecule has 14 heteroatoms. The second-order valence-corrected chi connectivity index (χ2v) is 9.44. The molecule has 6 atom stereocenters. The molecule has 1 radical (unpaired) electrons. The minimum absolute atomic E-state index is 0.309. The van der Waals surface area contributed by atoms with Gasteiger partial charge in [-0.05, 0) is 31.7 Å². The first-order valence-corrected chi connectivity index (χ1v) is 12.2. The smallest absolute Gasteiger partial charge is 0.351 e. The Morgan fingerprint density at radius 2 is 1.44 bits per heavy atom. The molecule has 1 rings (SSSR count). The number of carbonyl (C=O) groups excluding carboxylic acids is 5. The van der Waals surface area contributed by atoms with E-state index >= 15 is 8.78 Å². The Labute approximate surface area is 225 Å². The molecule has 0 bridgehead atoms. The van der Waals surface area contributed by atoms with Crippen LogP contribution >= 0.6 is 0 Å². The number of aliphatic hydroxyl groups is 2. The van der Waals surface area contributed by atoms with Gasteiger partial charge in [0, 0.05) is 0 Å². The third kappa shape index (κ3) is 9.96. The van der Waals surface area contributed by atoms with E-state index < -0.39 is 78.4 Å². The van der Waals surface area contributed by atoms with E-state index in [9.17, 15) is 29.1 Å². The van der Waals surface area contributed by atoms with Gasteiger partial charge in [0.1, 0.15) is 24.2 Å². The summed E-state index contributed by atoms with van der Waals surface area (Å²) in [6.45, 7) is 4.89. The Kier molecular flexibility index (Phi) is 13.1. The number of rotatable bonds is 15. The molecule has 0 aromatic heterocycles. The summed E-state index contributed by atoms with van der Waals surface area (Å²) in [5.74, 6) is -9.48. The van der Waals surface area contributed by atoms with Gasteiger partial charge in [-0.2, -0.15) is 8.78 Å². The number of hydrogen-bond acceptors (Lipinski definition) is 8. The van der Waals surface area contributed by atoms with Crippen molar-refractivity contribution in [1.82, 2.24) is 21.3 Å². The number of halogens is 2. The molecule has 8 N–H and O–H groups in total. The second-order valence-electron chi connectivity index (χ2n) is 9.44. The van der Waals surface area contributed by atoms with Gasteiger partial charge in [0.15, 0.2) is 0 Å². The highest BCUT2D eigenvalue weighted by Gasteiger charge is 2.51. The maximum atomic E-state index is 15.0. The van der Waals surface area contributed by atoms with Crippen LogP contribution in [0.1, 0.15) is 33.3 Å². The Morgan fingerprint density at radius 1 is 0.923 bits per heavy atom. The van der Waals surface area contributed by atoms with Crippen molar-refractivity contribution in [2.45, 2.75) is 76.4 Å². The summed E-state index contributed by atoms with van der Waals surface area (Å²) in [5, 5.41) is 28.1. The highest BCUT2D eigenvalue weighted by atomic mass is 19.3. The van der Waals surface area contributed by atoms with Crippen LogP contribution in [-0.2, 0) is 30.4 Å². The Bertz CT molecular complexity index is 996. The van der Waals surface area contributed by atoms with Gasteiger partial charge in [0.05, 0.1) is 18.7 Å². The Balaban J connectivity index is 3.05. The maximum absolute atomic E-state index is 15.0. The SMILES string of the molecule is CC(C)[C@@H]([C]=O)NC(=O)C(F)(F)C(O)C(Cc1ccccc1)NC(=O)[C@H](C)NC(=O)[C@H](C)NC(=O)[C@@H](N)CO. The number of amides is 4. The molecule has 4 amide bonds. The number of nitrogens with one attached hydrogen (secondary N) is 4. The van der Waals surface area contributed by atoms with Gasteiger partial charge in [-0.3, -0.25) is 24.0 Å². The van der Waals surface area contributed by atoms with Gasteiger partial charge in [0.25, 0.3) is 5.91 Å². The number of nitrogens with two attached hydrogens (primary N) is 1. The normalized spacial score (nSPS) is 16.2. The van der Waals surface area contributed by atoms with Crippen LogP contribution in [0.3, 0.4) is 0 Å². The van der Waals surface area contributed by atoms with E-state index in [1.54, 1.807) is 30.3 Å². The van der Waals surface area contributed by atoms with Crippen molar-refractivity contribution in [2.75, 3.05) is 6.61 Å². The van der Waals surface area contributed by atoms with Crippen molar-refractivity contribution in [3.63, 3.8) is 0 Å². The predicted octanol–water partition coefficient (Wildman–Crippen LogP) is -1.71. The fourth-order valence-electron chi connectivity index (χ4n) is 3.25. The van der Waals surface area contributed by atoms with E-state index in [2.05, 4.69) is 16.0 Å². The molecular formula is C25H36F2N5O7. The fourth-order valence-corrected chi connectivity index (χ4v) is 3.25. The van der Waals surface area contributed by atoms with E-state index in [0.29, 0.717) is 5.56 Å². The van der Waals surface area contributed by atoms with Crippen molar-refractivity contribution in [3.05, 3.63) is 35.9 Å². The van der Waals surface area contributed by atoms with Gasteiger partial charge >= 0.3 is 5.92 Å². The van der Waals surface area contributed by atoms with Crippen LogP contribution in [0.4, 0.5) is 8.78 Å². The second kappa shape index (κ2) is 15.2. The Morgan fingerprint density at radius 3 is 1.92 bits per heavy atom. The number of aliphatic hydroxyl groups excluding tert-OH is 2. The zero-order valence-corrected chi connectivity index (χ0v) is 22.1. The summed E-state index contributed by atoms with van der Waals surface area (Å²) < 4.78 is 30.1. The van der Waals surface area contributed by atoms with Crippen LogP contribution in [0.5, 0.6) is 0 Å². The fraction of sp³-hybridized carbons (Fsp3) is 0.560. The monoisotopic (exact) mass is 556 g/mol. The van der Waals surface area contributed by atoms with Crippen LogP contribution < -0.4 is 27.0 Å². The van der Waals surface area contributed by atoms with Crippen LogP contribution in [-0.4, -0.2) is 89.0 Å². The zero-order chi connectivity index (χ0) is 29.9. The maximum Gasteiger partial charge on any atom is 0.351 e. The molecule has 1 aromatic carbocycles. The zero-order valence-electron chi connectivity index (χ0n) is 22.1. The molecule has 0 spiro atoms. The molecule has 0 aliphatic carbocycles. The number of benzene rings is 1. The average molecular weight is 557 g/mol. The van der Waals surface area contributed by atoms with Gasteiger partial charge < -0.3 is 37.2 Å². The molecule has 0 aliphatic heterocycles. The summed E-state index contributed by atoms with van der Waals surface area (Å²) >= 11 is 0. The van der Waals surface area contributed by atoms with E-state index in [4.69, 9.17) is 10.8 Å². The van der Waals surface area contributed by atoms with Crippen molar-refractivity contribution in [1.29, 1.82) is 0 Å². The van der Waals surface area contributed by atoms with Crippen LogP contribution in [0.15, 0.2) is 30.3 Å². The highest BCUT2D eigenvalue weighted by Crippen LogP contribution is 2.24. The van der Waals surface area contributed by atoms with E-state index in [1.807, 2.05) is 5.32 Å². The summed E-state index contributed by atoms with van der Waals surface area (Å²) in [6.07, 6.45) is -1.57. The van der Waals surface area contributed by atoms with Crippen LogP contribution in [0, 0.1) is 5.92 Å². The molecule has 0 fully saturated rings. The number of hydrogen-bond donors (Lipinski definition) is 7. The third-order valence-corrected chi connectivity index (χ3v) is 5.80. The third-order valence-electron chi connectivity index (χ3n) is 5.80. The predicted molar refractivity (Wildman–Crippen MR) is 136 cm³/mol. The minimum atomic E-state index is -4.42. The summed E-state index contributed by atoms with van der Waals surface area (Å²) in [7, 11) is 0. The highest BCUT2D eigenvalue weighted by molar-refractivity contribution is 5.93. The largest absolute Gasteiger partial charge is 0.394 e. The lowest BCUT2D eigenvalue weighted by molar-refractivity contribution is -0.168. The van der Waals surface area contributed by atoms with Crippen LogP contribution in [0.2, 0.25) is 0 Å². The van der Waals surface area contributed by atoms with Crippen molar-refractivity contribution in [3.8, 4) is 0 Å². The molecule has 0 heterocycles. The minimum Gasteiger partial charge on any atom is -0.394 e. The summed E-state index contributed by atoms with van der Waals surface area (Å²) in [6, 6.07) is 1.24. The first kappa shape index (κ1) is 33.5. The quantitative estimate of drug-likeness (QED) is 0.132. The average Bonchev–Trinajstić information content (AvgIpc) is 2.90. The molecule has 217 valence electrons. The molecule has 0 saturated heterocycles. The van der Waals surface area contributed by atoms with E-state index in [1.165, 1.54) is 34.0 Å². The number of alkyl halides is 2. The molecule has 0 aliphatic rings. The molecule has 12 nitrogen and oxygen atoms in total. The van der Waals surface area contributed by atoms with Gasteiger partial charge in [0.2, 0.25) is 24.0 Å². The lowest BCUT2D eigenvalue weighted by Crippen LogP contribution is -2.61. The first-order valence-electron chi connectivity index (χ1n) is 12.2. The molecule has 0 saturated carbocycles. The van der Waals surface area contributed by atoms with E-state index in [-0.39, 0.29) is 6.42 Å². The standard InChI is InChI=1S/C25H36F2N5O7/c1-13(2)19(12-34)32-24(39)25(26,27)20(35)18(10-16-8-6-5-7-9-16)31-22(37)15(4)29-21(36)14(3)30-23(38)17(28)11-33/h5-9,13-15,17-20,33,35H,10-11,28H2,1-4H3,(H,29,36)(H,30,38)(H,31,37)(H,32,39)/t14-,15-,17-,18?,19+,20?/m0/s1. The molecule has 2 unspecified atom stereocenters. The van der Waals surface area contributed by atoms with Gasteiger partial charge in [-0.1, -0.05) is 44.2 Å². The topological polar surface area (TPSA) is 200 Å². The molecular weight excluding hydrogens is 520 g/mol. The molecule has 39 heavy (non-hydrogen) atoms. The Hall–Kier alpha value is -3.49. The lowest BCUT2D eigenvalue weighted by atomic mass is 9.95. The van der Waals surface area contributed by atoms with E-state index in [0.717, 1.165) is 0 Å². The van der Waals surface area contributed by atoms with Crippen LogP contribution in [0.25, 0.3) is 0 Å². The van der Waals surface area contributed by atoms with Crippen molar-refractivity contribution in [2.24, 2.45) is 11.7 Å². The molecule has 1 aromatic rings. The number of carbonyl (C=O) groups is 4. The van der Waals surface area contributed by atoms with Crippen molar-refractivity contribution < 1.29 is 43.0 Å². The van der Waals surface area contributed by atoms with Gasteiger partial charge in [-0.25, -0.2) is 0 Å². The van der Waals surface area contributed by atoms with Crippen molar-refractivity contribution >= 4 is 29.9 Å². The summed E-state index contributed by atoms with van der Waals surface area (Å²) in [5.41, 5.74) is 5.83.